The molecule has 1 fully saturated rings. The summed E-state index contributed by atoms with van der Waals surface area (Å²) in [5.41, 5.74) is 0.529. The average molecular weight is 309 g/mol. The average Bonchev–Trinajstić information content (AvgIpc) is 2.98. The Hall–Kier alpha value is -1.89. The van der Waals surface area contributed by atoms with Crippen LogP contribution in [0.2, 0.25) is 0 Å². The highest BCUT2D eigenvalue weighted by atomic mass is 32.1. The minimum Gasteiger partial charge on any atom is -0.228 e. The second kappa shape index (κ2) is 4.30. The number of nitrogens with zero attached hydrogens (tertiary/aromatic N) is 3. The number of fused-ring (bicyclic) bond motifs is 1. The molecule has 0 spiro atoms. The third-order valence-electron chi connectivity index (χ3n) is 3.51. The predicted octanol–water partition coefficient (Wildman–Crippen LogP) is 4.35. The predicted molar refractivity (Wildman–Crippen MR) is 73.3 cm³/mol. The second-order valence-corrected chi connectivity index (χ2v) is 6.06. The Morgan fingerprint density at radius 3 is 2.67 bits per heavy atom. The van der Waals surface area contributed by atoms with E-state index in [0.717, 1.165) is 28.3 Å². The molecule has 0 bridgehead atoms. The molecular weight excluding hydrogens is 299 g/mol. The van der Waals surface area contributed by atoms with Crippen LogP contribution in [0, 0.1) is 0 Å². The van der Waals surface area contributed by atoms with Crippen molar-refractivity contribution < 1.29 is 13.2 Å². The van der Waals surface area contributed by atoms with Crippen LogP contribution in [0.5, 0.6) is 0 Å². The Morgan fingerprint density at radius 2 is 2.05 bits per heavy atom. The van der Waals surface area contributed by atoms with Crippen LogP contribution in [0.3, 0.4) is 0 Å². The number of alkyl halides is 3. The van der Waals surface area contributed by atoms with Gasteiger partial charge in [0.05, 0.1) is 16.3 Å². The topological polar surface area (TPSA) is 30.2 Å². The molecule has 0 aliphatic heterocycles. The molecule has 0 saturated heterocycles. The monoisotopic (exact) mass is 309 g/mol. The highest BCUT2D eigenvalue weighted by Gasteiger charge is 2.36. The van der Waals surface area contributed by atoms with Crippen LogP contribution in [-0.4, -0.2) is 14.6 Å². The fourth-order valence-corrected chi connectivity index (χ4v) is 3.01. The summed E-state index contributed by atoms with van der Waals surface area (Å²) >= 11 is 1.37. The molecule has 0 atom stereocenters. The first-order valence-corrected chi connectivity index (χ1v) is 7.42. The van der Waals surface area contributed by atoms with E-state index in [1.54, 1.807) is 18.2 Å². The molecule has 3 aromatic rings. The zero-order valence-electron chi connectivity index (χ0n) is 10.8. The maximum Gasteiger partial charge on any atom is 0.433 e. The summed E-state index contributed by atoms with van der Waals surface area (Å²) in [5, 5.41) is 5.92. The number of hydrogen-bond donors (Lipinski definition) is 0. The highest BCUT2D eigenvalue weighted by Crippen LogP contribution is 2.40. The fraction of sp³-hybridized carbons (Fsp3) is 0.286. The molecule has 1 aliphatic rings. The van der Waals surface area contributed by atoms with E-state index < -0.39 is 11.9 Å². The molecule has 0 amide bonds. The van der Waals surface area contributed by atoms with E-state index in [1.165, 1.54) is 11.3 Å². The van der Waals surface area contributed by atoms with E-state index in [2.05, 4.69) is 10.1 Å². The van der Waals surface area contributed by atoms with Gasteiger partial charge >= 0.3 is 6.18 Å². The molecule has 0 unspecified atom stereocenters. The van der Waals surface area contributed by atoms with Crippen LogP contribution in [0.4, 0.5) is 13.2 Å². The van der Waals surface area contributed by atoms with E-state index in [-0.39, 0.29) is 11.6 Å². The van der Waals surface area contributed by atoms with Crippen LogP contribution in [0.1, 0.15) is 30.1 Å². The van der Waals surface area contributed by atoms with Gasteiger partial charge in [-0.3, -0.25) is 0 Å². The lowest BCUT2D eigenvalue weighted by molar-refractivity contribution is -0.142. The molecule has 108 valence electrons. The van der Waals surface area contributed by atoms with Crippen molar-refractivity contribution in [3.8, 4) is 10.6 Å². The minimum atomic E-state index is -4.46. The summed E-state index contributed by atoms with van der Waals surface area (Å²) in [6.07, 6.45) is -2.48. The normalized spacial score (nSPS) is 15.8. The summed E-state index contributed by atoms with van der Waals surface area (Å²) in [4.78, 5) is 5.05. The van der Waals surface area contributed by atoms with Gasteiger partial charge in [-0.25, -0.2) is 9.50 Å². The van der Waals surface area contributed by atoms with Crippen molar-refractivity contribution in [2.45, 2.75) is 24.9 Å². The Balaban J connectivity index is 1.97. The molecule has 7 heteroatoms. The summed E-state index contributed by atoms with van der Waals surface area (Å²) in [5.74, 6) is 0.290. The van der Waals surface area contributed by atoms with Gasteiger partial charge in [0, 0.05) is 12.0 Å². The highest BCUT2D eigenvalue weighted by molar-refractivity contribution is 7.13. The van der Waals surface area contributed by atoms with Gasteiger partial charge in [-0.1, -0.05) is 6.07 Å². The third-order valence-corrected chi connectivity index (χ3v) is 4.40. The summed E-state index contributed by atoms with van der Waals surface area (Å²) < 4.78 is 40.8. The maximum atomic E-state index is 13.3. The van der Waals surface area contributed by atoms with Crippen LogP contribution in [0.15, 0.2) is 29.6 Å². The molecular formula is C14H10F3N3S. The Bertz CT molecular complexity index is 801. The SMILES string of the molecule is FC(F)(F)c1cc(-c2cccs2)nc2cc(C3CC3)nn12. The number of aromatic nitrogens is 3. The van der Waals surface area contributed by atoms with Crippen molar-refractivity contribution in [2.75, 3.05) is 0 Å². The molecule has 21 heavy (non-hydrogen) atoms. The third kappa shape index (κ3) is 2.21. The lowest BCUT2D eigenvalue weighted by atomic mass is 10.2. The molecule has 3 heterocycles. The summed E-state index contributed by atoms with van der Waals surface area (Å²) in [7, 11) is 0. The van der Waals surface area contributed by atoms with Crippen LogP contribution in [0.25, 0.3) is 16.2 Å². The van der Waals surface area contributed by atoms with Crippen molar-refractivity contribution in [3.63, 3.8) is 0 Å². The number of thiophene rings is 1. The molecule has 0 radical (unpaired) electrons. The van der Waals surface area contributed by atoms with E-state index in [9.17, 15) is 13.2 Å². The van der Waals surface area contributed by atoms with Crippen LogP contribution >= 0.6 is 11.3 Å². The van der Waals surface area contributed by atoms with Crippen molar-refractivity contribution >= 4 is 17.0 Å². The summed E-state index contributed by atoms with van der Waals surface area (Å²) in [6, 6.07) is 6.31. The van der Waals surface area contributed by atoms with Gasteiger partial charge in [-0.15, -0.1) is 11.3 Å². The molecule has 3 aromatic heterocycles. The molecule has 1 saturated carbocycles. The first-order valence-electron chi connectivity index (χ1n) is 6.54. The number of hydrogen-bond acceptors (Lipinski definition) is 3. The lowest BCUT2D eigenvalue weighted by Gasteiger charge is -2.10. The Kier molecular flexibility index (Phi) is 2.63. The molecule has 0 aromatic carbocycles. The zero-order valence-corrected chi connectivity index (χ0v) is 11.6. The standard InChI is InChI=1S/C14H10F3N3S/c15-14(16,17)12-6-10(11-2-1-5-21-11)18-13-7-9(8-3-4-8)19-20(12)13/h1-2,5-8H,3-4H2. The van der Waals surface area contributed by atoms with Gasteiger partial charge in [0.1, 0.15) is 0 Å². The van der Waals surface area contributed by atoms with Crippen molar-refractivity contribution in [3.05, 3.63) is 41.0 Å². The van der Waals surface area contributed by atoms with Gasteiger partial charge in [0.25, 0.3) is 0 Å². The number of halogens is 3. The minimum absolute atomic E-state index is 0.259. The lowest BCUT2D eigenvalue weighted by Crippen LogP contribution is -2.13. The second-order valence-electron chi connectivity index (χ2n) is 5.12. The quantitative estimate of drug-likeness (QED) is 0.704. The van der Waals surface area contributed by atoms with Crippen molar-refractivity contribution in [2.24, 2.45) is 0 Å². The zero-order chi connectivity index (χ0) is 14.6. The van der Waals surface area contributed by atoms with Crippen molar-refractivity contribution in [1.29, 1.82) is 0 Å². The van der Waals surface area contributed by atoms with Crippen LogP contribution < -0.4 is 0 Å². The Morgan fingerprint density at radius 1 is 1.24 bits per heavy atom. The largest absolute Gasteiger partial charge is 0.433 e. The first kappa shape index (κ1) is 12.8. The molecule has 4 rings (SSSR count). The van der Waals surface area contributed by atoms with Gasteiger partial charge in [-0.2, -0.15) is 18.3 Å². The Labute approximate surface area is 122 Å². The molecule has 1 aliphatic carbocycles. The summed E-state index contributed by atoms with van der Waals surface area (Å²) in [6.45, 7) is 0. The van der Waals surface area contributed by atoms with E-state index >= 15 is 0 Å². The maximum absolute atomic E-state index is 13.3. The van der Waals surface area contributed by atoms with Gasteiger partial charge in [0.15, 0.2) is 11.3 Å². The molecule has 3 nitrogen and oxygen atoms in total. The smallest absolute Gasteiger partial charge is 0.228 e. The number of rotatable bonds is 2. The fourth-order valence-electron chi connectivity index (χ4n) is 2.32. The van der Waals surface area contributed by atoms with E-state index in [4.69, 9.17) is 0 Å². The van der Waals surface area contributed by atoms with Gasteiger partial charge < -0.3 is 0 Å². The van der Waals surface area contributed by atoms with Crippen molar-refractivity contribution in [1.82, 2.24) is 14.6 Å². The van der Waals surface area contributed by atoms with Gasteiger partial charge in [0.2, 0.25) is 0 Å². The molecule has 0 N–H and O–H groups in total. The van der Waals surface area contributed by atoms with Gasteiger partial charge in [-0.05, 0) is 30.4 Å². The van der Waals surface area contributed by atoms with E-state index in [1.807, 2.05) is 5.38 Å². The van der Waals surface area contributed by atoms with E-state index in [0.29, 0.717) is 11.4 Å². The first-order chi connectivity index (χ1) is 10.0. The van der Waals surface area contributed by atoms with Crippen LogP contribution in [-0.2, 0) is 6.18 Å².